The minimum atomic E-state index is -0.612. The number of hydrogen-bond acceptors (Lipinski definition) is 5. The number of amides is 3. The number of carbonyl (C=O) groups excluding carboxylic acids is 2. The molecule has 1 heterocycles. The molecule has 0 saturated carbocycles. The van der Waals surface area contributed by atoms with Crippen molar-refractivity contribution in [1.82, 2.24) is 10.9 Å². The van der Waals surface area contributed by atoms with Crippen LogP contribution in [0.1, 0.15) is 67.9 Å². The zero-order valence-electron chi connectivity index (χ0n) is 21.8. The fraction of sp³-hybridized carbons (Fsp3) is 0.296. The van der Waals surface area contributed by atoms with Crippen molar-refractivity contribution >= 4 is 52.9 Å². The highest BCUT2D eigenvalue weighted by atomic mass is 35.5. The first kappa shape index (κ1) is 29.7. The van der Waals surface area contributed by atoms with Gasteiger partial charge in [0.15, 0.2) is 0 Å². The molecule has 3 amide bonds. The van der Waals surface area contributed by atoms with Gasteiger partial charge in [-0.05, 0) is 58.7 Å². The number of halogens is 1. The summed E-state index contributed by atoms with van der Waals surface area (Å²) in [5, 5.41) is 15.5. The van der Waals surface area contributed by atoms with Crippen molar-refractivity contribution in [2.45, 2.75) is 52.4 Å². The van der Waals surface area contributed by atoms with Crippen LogP contribution in [-0.2, 0) is 10.8 Å². The second-order valence-electron chi connectivity index (χ2n) is 10.5. The first-order valence-electron chi connectivity index (χ1n) is 11.5. The Bertz CT molecular complexity index is 1240. The number of nitrogens with two attached hydrogens (primary N) is 1. The van der Waals surface area contributed by atoms with Crippen molar-refractivity contribution in [2.24, 2.45) is 10.7 Å². The molecule has 0 fully saturated rings. The number of urea groups is 1. The number of anilines is 1. The Kier molecular flexibility index (Phi) is 9.35. The summed E-state index contributed by atoms with van der Waals surface area (Å²) in [4.78, 5) is 30.2. The highest BCUT2D eigenvalue weighted by Crippen LogP contribution is 2.41. The number of aliphatic imine (C=N–C) groups is 1. The summed E-state index contributed by atoms with van der Waals surface area (Å²) in [6.45, 7) is 12.0. The molecule has 8 nitrogen and oxygen atoms in total. The summed E-state index contributed by atoms with van der Waals surface area (Å²) in [6, 6.07) is 13.2. The van der Waals surface area contributed by atoms with Gasteiger partial charge < -0.3 is 16.2 Å². The zero-order valence-corrected chi connectivity index (χ0v) is 23.4. The van der Waals surface area contributed by atoms with Crippen LogP contribution in [0.15, 0.2) is 58.9 Å². The van der Waals surface area contributed by atoms with Gasteiger partial charge in [0.25, 0.3) is 5.91 Å². The molecular formula is C27H34ClN5O3S. The Balaban J connectivity index is 0.00000481. The predicted octanol–water partition coefficient (Wildman–Crippen LogP) is 5.97. The Labute approximate surface area is 227 Å². The lowest BCUT2D eigenvalue weighted by Crippen LogP contribution is -2.44. The monoisotopic (exact) mass is 543 g/mol. The maximum Gasteiger partial charge on any atom is 0.337 e. The largest absolute Gasteiger partial charge is 0.507 e. The van der Waals surface area contributed by atoms with Crippen LogP contribution in [0.4, 0.5) is 16.2 Å². The number of rotatable bonds is 4. The van der Waals surface area contributed by atoms with E-state index in [2.05, 4.69) is 21.2 Å². The van der Waals surface area contributed by atoms with E-state index in [9.17, 15) is 14.7 Å². The third kappa shape index (κ3) is 7.71. The van der Waals surface area contributed by atoms with Crippen LogP contribution >= 0.6 is 23.7 Å². The van der Waals surface area contributed by atoms with Crippen molar-refractivity contribution in [2.75, 3.05) is 5.32 Å². The van der Waals surface area contributed by atoms with Crippen molar-refractivity contribution in [1.29, 1.82) is 0 Å². The van der Waals surface area contributed by atoms with E-state index in [0.29, 0.717) is 22.8 Å². The number of nitrogens with zero attached hydrogens (tertiary/aromatic N) is 1. The van der Waals surface area contributed by atoms with Crippen LogP contribution < -0.4 is 21.9 Å². The molecule has 0 aliphatic rings. The van der Waals surface area contributed by atoms with E-state index in [4.69, 9.17) is 5.73 Å². The Morgan fingerprint density at radius 2 is 1.49 bits per heavy atom. The molecule has 198 valence electrons. The Morgan fingerprint density at radius 3 is 1.97 bits per heavy atom. The second-order valence-corrected chi connectivity index (χ2v) is 11.4. The summed E-state index contributed by atoms with van der Waals surface area (Å²) in [5.41, 5.74) is 13.0. The predicted molar refractivity (Wildman–Crippen MR) is 154 cm³/mol. The van der Waals surface area contributed by atoms with E-state index in [1.165, 1.54) is 11.3 Å². The summed E-state index contributed by atoms with van der Waals surface area (Å²) in [7, 11) is 0. The normalized spacial score (nSPS) is 11.9. The number of benzene rings is 2. The molecule has 0 aliphatic carbocycles. The van der Waals surface area contributed by atoms with Gasteiger partial charge in [-0.3, -0.25) is 10.2 Å². The number of hydrogen-bond donors (Lipinski definition) is 5. The van der Waals surface area contributed by atoms with Crippen LogP contribution in [0.5, 0.6) is 5.75 Å². The lowest BCUT2D eigenvalue weighted by Gasteiger charge is -2.28. The standard InChI is InChI=1S/C27H33N5O3S.ClH/c1-26(2,3)19-14-18(15-20(22(19)33)27(4,5)6)30-25(35)32-31-24(34)16-9-11-17(12-10-16)29-23(28)21-8-7-13-36-21;/h7-15,33H,1-6H3,(H2,28,29)(H,31,34)(H2,30,32,35);1H. The molecule has 0 atom stereocenters. The van der Waals surface area contributed by atoms with Gasteiger partial charge >= 0.3 is 6.03 Å². The van der Waals surface area contributed by atoms with Gasteiger partial charge in [-0.2, -0.15) is 0 Å². The van der Waals surface area contributed by atoms with Crippen LogP contribution in [0.25, 0.3) is 0 Å². The average molecular weight is 544 g/mol. The summed E-state index contributed by atoms with van der Waals surface area (Å²) >= 11 is 1.49. The fourth-order valence-electron chi connectivity index (χ4n) is 3.50. The van der Waals surface area contributed by atoms with Gasteiger partial charge in [-0.1, -0.05) is 47.6 Å². The van der Waals surface area contributed by atoms with Crippen molar-refractivity contribution in [3.05, 3.63) is 75.5 Å². The fourth-order valence-corrected chi connectivity index (χ4v) is 4.13. The molecule has 0 saturated heterocycles. The van der Waals surface area contributed by atoms with Crippen molar-refractivity contribution in [3.8, 4) is 5.75 Å². The van der Waals surface area contributed by atoms with Gasteiger partial charge in [0.1, 0.15) is 11.6 Å². The molecule has 0 radical (unpaired) electrons. The van der Waals surface area contributed by atoms with E-state index in [0.717, 1.165) is 16.0 Å². The minimum absolute atomic E-state index is 0. The van der Waals surface area contributed by atoms with Crippen LogP contribution in [0, 0.1) is 0 Å². The number of aromatic hydroxyl groups is 1. The third-order valence-corrected chi connectivity index (χ3v) is 6.32. The lowest BCUT2D eigenvalue weighted by atomic mass is 9.79. The number of phenolic OH excluding ortho intramolecular Hbond substituents is 1. The van der Waals surface area contributed by atoms with Gasteiger partial charge in [0.05, 0.1) is 10.6 Å². The summed E-state index contributed by atoms with van der Waals surface area (Å²) in [5.74, 6) is 0.140. The van der Waals surface area contributed by atoms with E-state index in [1.54, 1.807) is 36.4 Å². The lowest BCUT2D eigenvalue weighted by molar-refractivity contribution is 0.0938. The number of carbonyl (C=O) groups is 2. The number of amidine groups is 1. The van der Waals surface area contributed by atoms with E-state index >= 15 is 0 Å². The molecule has 0 bridgehead atoms. The zero-order chi connectivity index (χ0) is 26.7. The first-order valence-corrected chi connectivity index (χ1v) is 12.4. The van der Waals surface area contributed by atoms with Crippen LogP contribution in [0.3, 0.4) is 0 Å². The second kappa shape index (κ2) is 11.7. The third-order valence-electron chi connectivity index (χ3n) is 5.43. The summed E-state index contributed by atoms with van der Waals surface area (Å²) < 4.78 is 0. The molecule has 3 aromatic rings. The molecular weight excluding hydrogens is 510 g/mol. The van der Waals surface area contributed by atoms with Crippen LogP contribution in [-0.4, -0.2) is 22.9 Å². The number of nitrogens with one attached hydrogen (secondary N) is 3. The van der Waals surface area contributed by atoms with Crippen LogP contribution in [0.2, 0.25) is 0 Å². The minimum Gasteiger partial charge on any atom is -0.507 e. The molecule has 0 unspecified atom stereocenters. The van der Waals surface area contributed by atoms with E-state index < -0.39 is 11.9 Å². The van der Waals surface area contributed by atoms with Crippen molar-refractivity contribution in [3.63, 3.8) is 0 Å². The van der Waals surface area contributed by atoms with Gasteiger partial charge in [0.2, 0.25) is 0 Å². The van der Waals surface area contributed by atoms with Gasteiger partial charge in [-0.25, -0.2) is 15.2 Å². The highest BCUT2D eigenvalue weighted by molar-refractivity contribution is 7.12. The van der Waals surface area contributed by atoms with E-state index in [-0.39, 0.29) is 29.0 Å². The molecule has 0 spiro atoms. The molecule has 6 N–H and O–H groups in total. The maximum absolute atomic E-state index is 12.5. The molecule has 0 aliphatic heterocycles. The van der Waals surface area contributed by atoms with Crippen molar-refractivity contribution < 1.29 is 14.7 Å². The highest BCUT2D eigenvalue weighted by Gasteiger charge is 2.27. The SMILES string of the molecule is CC(C)(C)c1cc(NC(=O)NNC(=O)c2ccc(N=C(N)c3cccs3)cc2)cc(C(C)(C)C)c1O.Cl. The smallest absolute Gasteiger partial charge is 0.337 e. The van der Waals surface area contributed by atoms with Gasteiger partial charge in [0, 0.05) is 22.4 Å². The number of thiophene rings is 1. The maximum atomic E-state index is 12.5. The Hall–Kier alpha value is -3.56. The molecule has 2 aromatic carbocycles. The topological polar surface area (TPSA) is 129 Å². The Morgan fingerprint density at radius 1 is 0.919 bits per heavy atom. The molecule has 10 heteroatoms. The molecule has 3 rings (SSSR count). The number of phenols is 1. The molecule has 1 aromatic heterocycles. The summed E-state index contributed by atoms with van der Waals surface area (Å²) in [6.07, 6.45) is 0. The van der Waals surface area contributed by atoms with E-state index in [1.807, 2.05) is 59.1 Å². The quantitative estimate of drug-likeness (QED) is 0.120. The number of hydrazine groups is 1. The molecule has 37 heavy (non-hydrogen) atoms. The first-order chi connectivity index (χ1) is 16.8. The average Bonchev–Trinajstić information content (AvgIpc) is 3.33. The van der Waals surface area contributed by atoms with Gasteiger partial charge in [-0.15, -0.1) is 23.7 Å².